The SMILES string of the molecule is COCCn1[nH]c2c3c(=O)ccc(O)c3c(O)c3c(=NCCNCCO)ccc1c32.Cl. The average Bonchev–Trinajstić information content (AvgIpc) is 3.11. The Balaban J connectivity index is 0.00000272. The van der Waals surface area contributed by atoms with Gasteiger partial charge in [0.15, 0.2) is 5.43 Å². The van der Waals surface area contributed by atoms with Gasteiger partial charge in [0.05, 0.1) is 58.9 Å². The van der Waals surface area contributed by atoms with Gasteiger partial charge < -0.3 is 25.4 Å². The fourth-order valence-corrected chi connectivity index (χ4v) is 3.87. The Labute approximate surface area is 183 Å². The van der Waals surface area contributed by atoms with Crippen molar-refractivity contribution in [1.82, 2.24) is 15.1 Å². The van der Waals surface area contributed by atoms with Gasteiger partial charge in [-0.25, -0.2) is 0 Å². The average molecular weight is 449 g/mol. The molecule has 3 aromatic carbocycles. The molecular weight excluding hydrogens is 424 g/mol. The topological polar surface area (TPSA) is 132 Å². The molecule has 0 saturated carbocycles. The molecule has 0 aliphatic heterocycles. The lowest BCUT2D eigenvalue weighted by Crippen LogP contribution is -2.22. The number of halogens is 1. The van der Waals surface area contributed by atoms with Crippen LogP contribution in [0.3, 0.4) is 0 Å². The minimum Gasteiger partial charge on any atom is -0.507 e. The molecule has 31 heavy (non-hydrogen) atoms. The van der Waals surface area contributed by atoms with Crippen molar-refractivity contribution in [3.63, 3.8) is 0 Å². The van der Waals surface area contributed by atoms with Gasteiger partial charge >= 0.3 is 0 Å². The summed E-state index contributed by atoms with van der Waals surface area (Å²) in [5, 5.41) is 38.8. The Morgan fingerprint density at radius 3 is 2.65 bits per heavy atom. The van der Waals surface area contributed by atoms with Crippen molar-refractivity contribution >= 4 is 45.0 Å². The Hall–Kier alpha value is -2.85. The molecule has 4 rings (SSSR count). The van der Waals surface area contributed by atoms with Crippen LogP contribution in [0.1, 0.15) is 0 Å². The summed E-state index contributed by atoms with van der Waals surface area (Å²) in [7, 11) is 1.61. The lowest BCUT2D eigenvalue weighted by Gasteiger charge is -2.09. The van der Waals surface area contributed by atoms with E-state index in [1.807, 2.05) is 16.8 Å². The molecule has 0 amide bonds. The van der Waals surface area contributed by atoms with Crippen LogP contribution in [-0.4, -0.2) is 65.1 Å². The zero-order chi connectivity index (χ0) is 21.3. The minimum atomic E-state index is -0.294. The molecule has 0 spiro atoms. The summed E-state index contributed by atoms with van der Waals surface area (Å²) in [6.07, 6.45) is 0. The van der Waals surface area contributed by atoms with Crippen LogP contribution in [-0.2, 0) is 11.3 Å². The molecule has 0 unspecified atom stereocenters. The van der Waals surface area contributed by atoms with Crippen molar-refractivity contribution < 1.29 is 20.1 Å². The number of phenolic OH excluding ortho intramolecular Hbond substituents is 2. The van der Waals surface area contributed by atoms with E-state index in [0.717, 1.165) is 5.52 Å². The van der Waals surface area contributed by atoms with Crippen LogP contribution in [0.2, 0.25) is 0 Å². The second kappa shape index (κ2) is 9.52. The first-order valence-corrected chi connectivity index (χ1v) is 9.75. The lowest BCUT2D eigenvalue weighted by atomic mass is 9.99. The van der Waals surface area contributed by atoms with Crippen LogP contribution in [0.15, 0.2) is 34.1 Å². The number of aliphatic hydroxyl groups excluding tert-OH is 1. The van der Waals surface area contributed by atoms with Gasteiger partial charge in [0.2, 0.25) is 0 Å². The van der Waals surface area contributed by atoms with Gasteiger partial charge in [0.1, 0.15) is 11.5 Å². The molecule has 0 aliphatic carbocycles. The number of aliphatic hydroxyl groups is 1. The van der Waals surface area contributed by atoms with Crippen LogP contribution in [0, 0.1) is 0 Å². The molecule has 0 saturated heterocycles. The van der Waals surface area contributed by atoms with Gasteiger partial charge in [0, 0.05) is 25.6 Å². The highest BCUT2D eigenvalue weighted by molar-refractivity contribution is 6.23. The summed E-state index contributed by atoms with van der Waals surface area (Å²) >= 11 is 0. The number of fused-ring (bicyclic) bond motifs is 2. The molecule has 0 atom stereocenters. The van der Waals surface area contributed by atoms with Gasteiger partial charge in [-0.05, 0) is 24.3 Å². The number of aromatic amines is 1. The summed E-state index contributed by atoms with van der Waals surface area (Å²) in [4.78, 5) is 17.2. The third-order valence-electron chi connectivity index (χ3n) is 5.20. The molecule has 0 bridgehead atoms. The first-order chi connectivity index (χ1) is 14.6. The summed E-state index contributed by atoms with van der Waals surface area (Å²) in [5.41, 5.74) is 1.05. The van der Waals surface area contributed by atoms with Crippen LogP contribution in [0.5, 0.6) is 11.5 Å². The number of hydrogen-bond acceptors (Lipinski definition) is 7. The van der Waals surface area contributed by atoms with E-state index in [9.17, 15) is 15.0 Å². The van der Waals surface area contributed by atoms with E-state index < -0.39 is 0 Å². The molecule has 10 heteroatoms. The number of ether oxygens (including phenoxy) is 1. The Bertz CT molecular complexity index is 1330. The summed E-state index contributed by atoms with van der Waals surface area (Å²) < 4.78 is 7.04. The van der Waals surface area contributed by atoms with Crippen molar-refractivity contribution in [3.05, 3.63) is 39.8 Å². The highest BCUT2D eigenvalue weighted by atomic mass is 35.5. The van der Waals surface area contributed by atoms with Gasteiger partial charge in [0.25, 0.3) is 0 Å². The van der Waals surface area contributed by atoms with Crippen molar-refractivity contribution in [2.24, 2.45) is 4.99 Å². The smallest absolute Gasteiger partial charge is 0.189 e. The van der Waals surface area contributed by atoms with Gasteiger partial charge in [-0.15, -0.1) is 12.4 Å². The maximum absolute atomic E-state index is 12.7. The third-order valence-corrected chi connectivity index (χ3v) is 5.20. The van der Waals surface area contributed by atoms with E-state index in [-0.39, 0.29) is 46.7 Å². The van der Waals surface area contributed by atoms with E-state index in [1.54, 1.807) is 7.11 Å². The molecule has 166 valence electrons. The second-order valence-electron chi connectivity index (χ2n) is 7.02. The number of rotatable bonds is 8. The molecule has 0 fully saturated rings. The number of benzene rings is 3. The molecule has 1 heterocycles. The van der Waals surface area contributed by atoms with Crippen molar-refractivity contribution in [1.29, 1.82) is 0 Å². The number of nitrogens with one attached hydrogen (secondary N) is 2. The van der Waals surface area contributed by atoms with Crippen LogP contribution in [0.25, 0.3) is 32.6 Å². The number of hydrogen-bond donors (Lipinski definition) is 5. The number of H-pyrrole nitrogens is 1. The van der Waals surface area contributed by atoms with Gasteiger partial charge in [-0.2, -0.15) is 0 Å². The van der Waals surface area contributed by atoms with Crippen molar-refractivity contribution in [3.8, 4) is 11.5 Å². The highest BCUT2D eigenvalue weighted by Gasteiger charge is 2.21. The van der Waals surface area contributed by atoms with Crippen LogP contribution < -0.4 is 16.1 Å². The van der Waals surface area contributed by atoms with Crippen molar-refractivity contribution in [2.75, 3.05) is 40.0 Å². The number of nitrogens with zero attached hydrogens (tertiary/aromatic N) is 2. The number of methoxy groups -OCH3 is 1. The normalized spacial score (nSPS) is 12.3. The van der Waals surface area contributed by atoms with Crippen LogP contribution >= 0.6 is 12.4 Å². The Kier molecular flexibility index (Phi) is 7.01. The monoisotopic (exact) mass is 448 g/mol. The fraction of sp³-hybridized carbons (Fsp3) is 0.333. The fourth-order valence-electron chi connectivity index (χ4n) is 3.87. The number of aromatic nitrogens is 2. The largest absolute Gasteiger partial charge is 0.507 e. The summed E-state index contributed by atoms with van der Waals surface area (Å²) in [5.74, 6) is -0.336. The Morgan fingerprint density at radius 1 is 1.10 bits per heavy atom. The molecule has 9 nitrogen and oxygen atoms in total. The van der Waals surface area contributed by atoms with E-state index in [4.69, 9.17) is 9.84 Å². The van der Waals surface area contributed by atoms with E-state index in [0.29, 0.717) is 54.4 Å². The first-order valence-electron chi connectivity index (χ1n) is 9.75. The predicted octanol–water partition coefficient (Wildman–Crippen LogP) is 1.04. The maximum atomic E-state index is 12.7. The van der Waals surface area contributed by atoms with Gasteiger partial charge in [-0.1, -0.05) is 0 Å². The maximum Gasteiger partial charge on any atom is 0.189 e. The number of phenols is 2. The molecule has 4 aromatic rings. The van der Waals surface area contributed by atoms with Gasteiger partial charge in [-0.3, -0.25) is 19.6 Å². The Morgan fingerprint density at radius 2 is 1.90 bits per heavy atom. The molecule has 0 aliphatic rings. The van der Waals surface area contributed by atoms with Crippen molar-refractivity contribution in [2.45, 2.75) is 6.54 Å². The quantitative estimate of drug-likeness (QED) is 0.202. The zero-order valence-electron chi connectivity index (χ0n) is 17.0. The highest BCUT2D eigenvalue weighted by Crippen LogP contribution is 2.41. The molecular formula is C21H25ClN4O5. The molecule has 5 N–H and O–H groups in total. The first kappa shape index (κ1) is 22.8. The summed E-state index contributed by atoms with van der Waals surface area (Å²) in [6, 6.07) is 6.28. The number of aromatic hydroxyl groups is 2. The van der Waals surface area contributed by atoms with E-state index in [1.165, 1.54) is 12.1 Å². The zero-order valence-corrected chi connectivity index (χ0v) is 17.8. The van der Waals surface area contributed by atoms with E-state index in [2.05, 4.69) is 15.4 Å². The molecule has 1 aromatic heterocycles. The molecule has 0 radical (unpaired) electrons. The third kappa shape index (κ3) is 3.92. The summed E-state index contributed by atoms with van der Waals surface area (Å²) in [6.45, 7) is 2.53. The van der Waals surface area contributed by atoms with E-state index >= 15 is 0 Å². The second-order valence-corrected chi connectivity index (χ2v) is 7.02. The van der Waals surface area contributed by atoms with Crippen LogP contribution in [0.4, 0.5) is 0 Å². The predicted molar refractivity (Wildman–Crippen MR) is 122 cm³/mol. The minimum absolute atomic E-state index is 0. The standard InChI is InChI=1S/C21H24N4O5.ClH/c1-30-11-9-25-13-3-2-12(23-7-6-22-8-10-26)16-17(13)20(24-25)18-14(27)4-5-15(28)19(18)21(16)29;/h2-5,22,24,26,28-29H,6-11H2,1H3;1H. The lowest BCUT2D eigenvalue weighted by molar-refractivity contribution is 0.185.